The van der Waals surface area contributed by atoms with E-state index in [9.17, 15) is 8.78 Å². The normalized spacial score (nSPS) is 20.1. The molecule has 0 bridgehead atoms. The SMILES string of the molecule is Cc1c(F)cc(C2CCC(c3ccc(C[C@H](C)c4ccccc4)cc3)CC2)cc1F. The van der Waals surface area contributed by atoms with Crippen LogP contribution in [-0.2, 0) is 6.42 Å². The van der Waals surface area contributed by atoms with Crippen molar-refractivity contribution in [1.29, 1.82) is 0 Å². The Morgan fingerprint density at radius 1 is 0.767 bits per heavy atom. The van der Waals surface area contributed by atoms with E-state index in [2.05, 4.69) is 61.5 Å². The van der Waals surface area contributed by atoms with Crippen LogP contribution in [0.3, 0.4) is 0 Å². The molecule has 0 radical (unpaired) electrons. The zero-order valence-corrected chi connectivity index (χ0v) is 17.9. The van der Waals surface area contributed by atoms with Crippen LogP contribution in [-0.4, -0.2) is 0 Å². The minimum absolute atomic E-state index is 0.120. The van der Waals surface area contributed by atoms with Crippen molar-refractivity contribution in [2.24, 2.45) is 0 Å². The topological polar surface area (TPSA) is 0 Å². The monoisotopic (exact) mass is 404 g/mol. The Kier molecular flexibility index (Phi) is 6.32. The predicted molar refractivity (Wildman–Crippen MR) is 120 cm³/mol. The van der Waals surface area contributed by atoms with E-state index in [4.69, 9.17) is 0 Å². The molecule has 2 heteroatoms. The fourth-order valence-electron chi connectivity index (χ4n) is 4.84. The first-order valence-corrected chi connectivity index (χ1v) is 11.1. The lowest BCUT2D eigenvalue weighted by molar-refractivity contribution is 0.394. The fraction of sp³-hybridized carbons (Fsp3) is 0.357. The fourth-order valence-corrected chi connectivity index (χ4v) is 4.84. The number of rotatable bonds is 5. The van der Waals surface area contributed by atoms with Gasteiger partial charge in [-0.3, -0.25) is 0 Å². The van der Waals surface area contributed by atoms with Crippen molar-refractivity contribution in [1.82, 2.24) is 0 Å². The molecule has 1 aliphatic rings. The molecule has 4 rings (SSSR count). The van der Waals surface area contributed by atoms with Crippen LogP contribution in [0.5, 0.6) is 0 Å². The Hall–Kier alpha value is -2.48. The van der Waals surface area contributed by atoms with Crippen molar-refractivity contribution in [2.75, 3.05) is 0 Å². The summed E-state index contributed by atoms with van der Waals surface area (Å²) >= 11 is 0. The van der Waals surface area contributed by atoms with Gasteiger partial charge in [0.2, 0.25) is 0 Å². The minimum atomic E-state index is -0.424. The number of halogens is 2. The highest BCUT2D eigenvalue weighted by atomic mass is 19.1. The standard InChI is InChI=1S/C28H30F2/c1-19(22-6-4-3-5-7-22)16-21-8-10-23(11-9-21)24-12-14-25(15-13-24)26-17-27(29)20(2)28(30)18-26/h3-11,17-19,24-25H,12-16H2,1-2H3/t19-,24?,25?/m0/s1. The highest BCUT2D eigenvalue weighted by Gasteiger charge is 2.24. The number of hydrogen-bond acceptors (Lipinski definition) is 0. The van der Waals surface area contributed by atoms with E-state index < -0.39 is 11.6 Å². The van der Waals surface area contributed by atoms with Crippen LogP contribution in [0.25, 0.3) is 0 Å². The molecule has 1 atom stereocenters. The summed E-state index contributed by atoms with van der Waals surface area (Å²) in [5.74, 6) is 0.460. The Bertz CT molecular complexity index is 944. The summed E-state index contributed by atoms with van der Waals surface area (Å²) in [6.07, 6.45) is 5.16. The lowest BCUT2D eigenvalue weighted by atomic mass is 9.76. The van der Waals surface area contributed by atoms with Crippen LogP contribution < -0.4 is 0 Å². The molecule has 0 heterocycles. The summed E-state index contributed by atoms with van der Waals surface area (Å²) in [6, 6.07) is 22.8. The lowest BCUT2D eigenvalue weighted by Crippen LogP contribution is -2.13. The zero-order valence-electron chi connectivity index (χ0n) is 17.9. The molecular weight excluding hydrogens is 374 g/mol. The highest BCUT2D eigenvalue weighted by molar-refractivity contribution is 5.31. The molecule has 30 heavy (non-hydrogen) atoms. The third-order valence-electron chi connectivity index (χ3n) is 6.86. The third-order valence-corrected chi connectivity index (χ3v) is 6.86. The van der Waals surface area contributed by atoms with E-state index >= 15 is 0 Å². The quantitative estimate of drug-likeness (QED) is 0.403. The Labute approximate surface area is 179 Å². The second kappa shape index (κ2) is 9.12. The largest absolute Gasteiger partial charge is 0.207 e. The van der Waals surface area contributed by atoms with Gasteiger partial charge >= 0.3 is 0 Å². The van der Waals surface area contributed by atoms with Gasteiger partial charge in [0.25, 0.3) is 0 Å². The summed E-state index contributed by atoms with van der Waals surface area (Å²) in [4.78, 5) is 0. The second-order valence-corrected chi connectivity index (χ2v) is 8.92. The molecule has 3 aromatic rings. The minimum Gasteiger partial charge on any atom is -0.207 e. The first-order chi connectivity index (χ1) is 14.5. The number of hydrogen-bond donors (Lipinski definition) is 0. The Balaban J connectivity index is 1.36. The highest BCUT2D eigenvalue weighted by Crippen LogP contribution is 2.41. The van der Waals surface area contributed by atoms with Crippen molar-refractivity contribution >= 4 is 0 Å². The average molecular weight is 405 g/mol. The van der Waals surface area contributed by atoms with Gasteiger partial charge in [-0.25, -0.2) is 8.78 Å². The zero-order chi connectivity index (χ0) is 21.1. The van der Waals surface area contributed by atoms with E-state index in [0.717, 1.165) is 37.7 Å². The smallest absolute Gasteiger partial charge is 0.129 e. The second-order valence-electron chi connectivity index (χ2n) is 8.92. The van der Waals surface area contributed by atoms with Gasteiger partial charge in [0, 0.05) is 5.56 Å². The van der Waals surface area contributed by atoms with Crippen molar-refractivity contribution in [3.63, 3.8) is 0 Å². The molecule has 0 aromatic heterocycles. The van der Waals surface area contributed by atoms with Crippen molar-refractivity contribution < 1.29 is 8.78 Å². The van der Waals surface area contributed by atoms with E-state index in [1.165, 1.54) is 35.7 Å². The molecule has 0 saturated heterocycles. The molecule has 0 N–H and O–H groups in total. The van der Waals surface area contributed by atoms with Gasteiger partial charge in [-0.1, -0.05) is 61.5 Å². The van der Waals surface area contributed by atoms with Gasteiger partial charge in [0.15, 0.2) is 0 Å². The van der Waals surface area contributed by atoms with Gasteiger partial charge in [0.05, 0.1) is 0 Å². The van der Waals surface area contributed by atoms with Crippen LogP contribution >= 0.6 is 0 Å². The molecule has 0 amide bonds. The van der Waals surface area contributed by atoms with Gasteiger partial charge in [0.1, 0.15) is 11.6 Å². The van der Waals surface area contributed by atoms with E-state index in [-0.39, 0.29) is 11.5 Å². The van der Waals surface area contributed by atoms with Gasteiger partial charge < -0.3 is 0 Å². The van der Waals surface area contributed by atoms with Crippen molar-refractivity contribution in [3.8, 4) is 0 Å². The first kappa shape index (κ1) is 20.8. The maximum Gasteiger partial charge on any atom is 0.129 e. The predicted octanol–water partition coefficient (Wildman–Crippen LogP) is 8.06. The maximum atomic E-state index is 13.9. The number of benzene rings is 3. The maximum absolute atomic E-state index is 13.9. The van der Waals surface area contributed by atoms with Gasteiger partial charge in [-0.15, -0.1) is 0 Å². The van der Waals surface area contributed by atoms with Crippen molar-refractivity contribution in [2.45, 2.75) is 63.7 Å². The Morgan fingerprint density at radius 2 is 1.30 bits per heavy atom. The summed E-state index contributed by atoms with van der Waals surface area (Å²) in [7, 11) is 0. The summed E-state index contributed by atoms with van der Waals surface area (Å²) in [5, 5.41) is 0. The molecule has 0 unspecified atom stereocenters. The van der Waals surface area contributed by atoms with Gasteiger partial charge in [-0.05, 0) is 91.2 Å². The molecule has 156 valence electrons. The third kappa shape index (κ3) is 4.64. The first-order valence-electron chi connectivity index (χ1n) is 11.1. The van der Waals surface area contributed by atoms with E-state index in [1.54, 1.807) is 0 Å². The van der Waals surface area contributed by atoms with Crippen molar-refractivity contribution in [3.05, 3.63) is 106 Å². The molecule has 1 saturated carbocycles. The molecule has 0 aliphatic heterocycles. The molecule has 1 fully saturated rings. The molecule has 0 nitrogen and oxygen atoms in total. The molecule has 3 aromatic carbocycles. The average Bonchev–Trinajstić information content (AvgIpc) is 2.78. The van der Waals surface area contributed by atoms with Gasteiger partial charge in [-0.2, -0.15) is 0 Å². The van der Waals surface area contributed by atoms with Crippen LogP contribution in [0.2, 0.25) is 0 Å². The van der Waals surface area contributed by atoms with Crippen LogP contribution in [0.4, 0.5) is 8.78 Å². The summed E-state index contributed by atoms with van der Waals surface area (Å²) < 4.78 is 27.9. The van der Waals surface area contributed by atoms with E-state index in [0.29, 0.717) is 11.8 Å². The molecule has 0 spiro atoms. The van der Waals surface area contributed by atoms with Crippen LogP contribution in [0, 0.1) is 18.6 Å². The molecule has 1 aliphatic carbocycles. The Morgan fingerprint density at radius 3 is 1.87 bits per heavy atom. The van der Waals surface area contributed by atoms with Crippen LogP contribution in [0.15, 0.2) is 66.7 Å². The summed E-state index contributed by atoms with van der Waals surface area (Å²) in [5.41, 5.74) is 5.08. The van der Waals surface area contributed by atoms with E-state index in [1.807, 2.05) is 0 Å². The molecular formula is C28H30F2. The van der Waals surface area contributed by atoms with Crippen LogP contribution in [0.1, 0.15) is 78.2 Å². The lowest BCUT2D eigenvalue weighted by Gasteiger charge is -2.29. The summed E-state index contributed by atoms with van der Waals surface area (Å²) in [6.45, 7) is 3.77.